The smallest absolute Gasteiger partial charge is 0.102 e. The van der Waals surface area contributed by atoms with E-state index in [1.165, 1.54) is 0 Å². The van der Waals surface area contributed by atoms with Gasteiger partial charge in [-0.2, -0.15) is 0 Å². The van der Waals surface area contributed by atoms with Crippen molar-refractivity contribution in [3.05, 3.63) is 35.4 Å². The average molecular weight is 211 g/mol. The zero-order valence-electron chi connectivity index (χ0n) is 8.72. The van der Waals surface area contributed by atoms with Crippen LogP contribution in [0.3, 0.4) is 0 Å². The molecule has 1 aromatic rings. The second-order valence-corrected chi connectivity index (χ2v) is 3.44. The molecule has 0 aliphatic heterocycles. The predicted molar refractivity (Wildman–Crippen MR) is 57.4 cm³/mol. The summed E-state index contributed by atoms with van der Waals surface area (Å²) in [6.45, 7) is 0.195. The second kappa shape index (κ2) is 5.82. The van der Waals surface area contributed by atoms with Crippen LogP contribution >= 0.6 is 0 Å². The maximum Gasteiger partial charge on any atom is 0.102 e. The van der Waals surface area contributed by atoms with Gasteiger partial charge in [-0.1, -0.05) is 24.3 Å². The monoisotopic (exact) mass is 211 g/mol. The van der Waals surface area contributed by atoms with Crippen LogP contribution in [0.15, 0.2) is 24.3 Å². The third kappa shape index (κ3) is 3.28. The van der Waals surface area contributed by atoms with E-state index < -0.39 is 12.2 Å². The Bertz CT molecular complexity index is 286. The summed E-state index contributed by atoms with van der Waals surface area (Å²) in [4.78, 5) is 0. The fourth-order valence-electron chi connectivity index (χ4n) is 1.36. The second-order valence-electron chi connectivity index (χ2n) is 3.44. The van der Waals surface area contributed by atoms with Crippen molar-refractivity contribution in [1.29, 1.82) is 0 Å². The first-order chi connectivity index (χ1) is 7.19. The molecule has 2 atom stereocenters. The van der Waals surface area contributed by atoms with E-state index in [1.54, 1.807) is 31.3 Å². The largest absolute Gasteiger partial charge is 0.393 e. The number of nitrogens with one attached hydrogen (secondary N) is 1. The Morgan fingerprint density at radius 2 is 1.53 bits per heavy atom. The van der Waals surface area contributed by atoms with Gasteiger partial charge in [-0.25, -0.2) is 0 Å². The van der Waals surface area contributed by atoms with Crippen molar-refractivity contribution in [2.75, 3.05) is 20.2 Å². The lowest BCUT2D eigenvalue weighted by molar-refractivity contribution is 0.0955. The van der Waals surface area contributed by atoms with Crippen LogP contribution in [0.4, 0.5) is 0 Å². The fraction of sp³-hybridized carbons (Fsp3) is 0.455. The highest BCUT2D eigenvalue weighted by Gasteiger charge is 2.08. The predicted octanol–water partition coefficient (Wildman–Crippen LogP) is -0.0349. The van der Waals surface area contributed by atoms with Crippen LogP contribution in [-0.4, -0.2) is 35.5 Å². The lowest BCUT2D eigenvalue weighted by atomic mass is 10.0. The third-order valence-corrected chi connectivity index (χ3v) is 2.28. The molecule has 4 nitrogen and oxygen atoms in total. The summed E-state index contributed by atoms with van der Waals surface area (Å²) >= 11 is 0. The first-order valence-corrected chi connectivity index (χ1v) is 4.90. The number of benzene rings is 1. The summed E-state index contributed by atoms with van der Waals surface area (Å²) in [6.07, 6.45) is -1.39. The van der Waals surface area contributed by atoms with E-state index in [0.717, 1.165) is 5.56 Å². The molecule has 0 radical (unpaired) electrons. The molecule has 2 unspecified atom stereocenters. The zero-order valence-corrected chi connectivity index (χ0v) is 8.72. The van der Waals surface area contributed by atoms with Gasteiger partial charge in [0.1, 0.15) is 6.10 Å². The summed E-state index contributed by atoms with van der Waals surface area (Å²) in [7, 11) is 1.77. The molecule has 0 fully saturated rings. The highest BCUT2D eigenvalue weighted by molar-refractivity contribution is 5.25. The summed E-state index contributed by atoms with van der Waals surface area (Å²) in [5, 5.41) is 30.6. The maximum absolute atomic E-state index is 9.63. The van der Waals surface area contributed by atoms with Gasteiger partial charge >= 0.3 is 0 Å². The van der Waals surface area contributed by atoms with Gasteiger partial charge in [0.25, 0.3) is 0 Å². The van der Waals surface area contributed by atoms with E-state index in [-0.39, 0.29) is 6.61 Å². The number of likely N-dealkylation sites (N-methyl/N-ethyl adjacent to an activating group) is 1. The van der Waals surface area contributed by atoms with Crippen molar-refractivity contribution in [1.82, 2.24) is 5.32 Å². The van der Waals surface area contributed by atoms with E-state index in [4.69, 9.17) is 5.11 Å². The standard InChI is InChI=1S/C11H17NO3/c1-12-6-10(14)8-2-4-9(5-3-8)11(15)7-13/h2-5,10-15H,6-7H2,1H3. The lowest BCUT2D eigenvalue weighted by Crippen LogP contribution is -2.16. The molecule has 0 aromatic heterocycles. The number of hydrogen-bond donors (Lipinski definition) is 4. The van der Waals surface area contributed by atoms with Gasteiger partial charge in [0, 0.05) is 6.54 Å². The number of aliphatic hydroxyl groups excluding tert-OH is 3. The van der Waals surface area contributed by atoms with E-state index in [1.807, 2.05) is 0 Å². The summed E-state index contributed by atoms with van der Waals surface area (Å²) in [6, 6.07) is 6.90. The van der Waals surface area contributed by atoms with Gasteiger partial charge in [-0.05, 0) is 18.2 Å². The number of rotatable bonds is 5. The third-order valence-electron chi connectivity index (χ3n) is 2.28. The molecule has 0 heterocycles. The van der Waals surface area contributed by atoms with Crippen LogP contribution in [0.5, 0.6) is 0 Å². The Morgan fingerprint density at radius 1 is 1.07 bits per heavy atom. The van der Waals surface area contributed by atoms with E-state index in [9.17, 15) is 10.2 Å². The van der Waals surface area contributed by atoms with Crippen molar-refractivity contribution < 1.29 is 15.3 Å². The van der Waals surface area contributed by atoms with Crippen LogP contribution in [-0.2, 0) is 0 Å². The van der Waals surface area contributed by atoms with Gasteiger partial charge in [0.05, 0.1) is 12.7 Å². The molecule has 1 aromatic carbocycles. The molecule has 0 spiro atoms. The first-order valence-electron chi connectivity index (χ1n) is 4.90. The normalized spacial score (nSPS) is 14.9. The first kappa shape index (κ1) is 12.1. The fourth-order valence-corrected chi connectivity index (χ4v) is 1.36. The van der Waals surface area contributed by atoms with Gasteiger partial charge in [-0.15, -0.1) is 0 Å². The molecular formula is C11H17NO3. The molecule has 0 amide bonds. The van der Waals surface area contributed by atoms with Crippen molar-refractivity contribution in [3.8, 4) is 0 Å². The van der Waals surface area contributed by atoms with E-state index in [2.05, 4.69) is 5.32 Å². The number of hydrogen-bond acceptors (Lipinski definition) is 4. The molecule has 84 valence electrons. The Kier molecular flexibility index (Phi) is 4.71. The highest BCUT2D eigenvalue weighted by Crippen LogP contribution is 2.17. The summed E-state index contributed by atoms with van der Waals surface area (Å²) < 4.78 is 0. The quantitative estimate of drug-likeness (QED) is 0.551. The SMILES string of the molecule is CNCC(O)c1ccc(C(O)CO)cc1. The molecule has 4 N–H and O–H groups in total. The molecule has 1 rings (SSSR count). The molecule has 4 heteroatoms. The molecular weight excluding hydrogens is 194 g/mol. The highest BCUT2D eigenvalue weighted by atomic mass is 16.3. The van der Waals surface area contributed by atoms with Crippen LogP contribution in [0.25, 0.3) is 0 Å². The zero-order chi connectivity index (χ0) is 11.3. The van der Waals surface area contributed by atoms with Crippen LogP contribution in [0.2, 0.25) is 0 Å². The molecule has 0 saturated heterocycles. The van der Waals surface area contributed by atoms with Crippen molar-refractivity contribution in [2.24, 2.45) is 0 Å². The molecule has 0 aliphatic carbocycles. The van der Waals surface area contributed by atoms with Gasteiger partial charge < -0.3 is 20.6 Å². The van der Waals surface area contributed by atoms with E-state index in [0.29, 0.717) is 12.1 Å². The topological polar surface area (TPSA) is 72.7 Å². The minimum atomic E-state index is -0.847. The summed E-state index contributed by atoms with van der Waals surface area (Å²) in [5.74, 6) is 0. The van der Waals surface area contributed by atoms with E-state index >= 15 is 0 Å². The Morgan fingerprint density at radius 3 is 1.93 bits per heavy atom. The Hall–Kier alpha value is -0.940. The average Bonchev–Trinajstić information content (AvgIpc) is 2.28. The van der Waals surface area contributed by atoms with Crippen molar-refractivity contribution in [2.45, 2.75) is 12.2 Å². The van der Waals surface area contributed by atoms with Crippen LogP contribution < -0.4 is 5.32 Å². The van der Waals surface area contributed by atoms with Gasteiger partial charge in [0.15, 0.2) is 0 Å². The minimum Gasteiger partial charge on any atom is -0.393 e. The van der Waals surface area contributed by atoms with Crippen molar-refractivity contribution >= 4 is 0 Å². The molecule has 0 aliphatic rings. The van der Waals surface area contributed by atoms with Crippen LogP contribution in [0.1, 0.15) is 23.3 Å². The van der Waals surface area contributed by atoms with Crippen molar-refractivity contribution in [3.63, 3.8) is 0 Å². The molecule has 0 bridgehead atoms. The van der Waals surface area contributed by atoms with Gasteiger partial charge in [-0.3, -0.25) is 0 Å². The lowest BCUT2D eigenvalue weighted by Gasteiger charge is -2.12. The minimum absolute atomic E-state index is 0.293. The van der Waals surface area contributed by atoms with Crippen LogP contribution in [0, 0.1) is 0 Å². The summed E-state index contributed by atoms with van der Waals surface area (Å²) in [5.41, 5.74) is 1.44. The molecule has 0 saturated carbocycles. The van der Waals surface area contributed by atoms with Gasteiger partial charge in [0.2, 0.25) is 0 Å². The Balaban J connectivity index is 2.71. The maximum atomic E-state index is 9.63. The Labute approximate surface area is 89.2 Å². The number of aliphatic hydroxyl groups is 3. The molecule has 15 heavy (non-hydrogen) atoms.